The van der Waals surface area contributed by atoms with Gasteiger partial charge in [-0.15, -0.1) is 11.3 Å². The van der Waals surface area contributed by atoms with Gasteiger partial charge in [0.2, 0.25) is 0 Å². The molecule has 0 saturated heterocycles. The fraction of sp³-hybridized carbons (Fsp3) is 0.0435. The summed E-state index contributed by atoms with van der Waals surface area (Å²) < 4.78 is 0. The number of carbonyl (C=O) groups excluding carboxylic acids is 1. The first kappa shape index (κ1) is 21.5. The van der Waals surface area contributed by atoms with Crippen LogP contribution in [-0.4, -0.2) is 15.8 Å². The fourth-order valence-corrected chi connectivity index (χ4v) is 3.96. The molecule has 160 valence electrons. The molecule has 0 unspecified atom stereocenters. The van der Waals surface area contributed by atoms with E-state index in [1.165, 1.54) is 17.4 Å². The number of benzene rings is 3. The van der Waals surface area contributed by atoms with E-state index in [1.807, 2.05) is 35.7 Å². The van der Waals surface area contributed by atoms with Gasteiger partial charge in [-0.2, -0.15) is 0 Å². The van der Waals surface area contributed by atoms with Crippen LogP contribution in [0, 0.1) is 17.0 Å². The first-order chi connectivity index (χ1) is 15.4. The number of nitrogens with one attached hydrogen (secondary N) is 2. The van der Waals surface area contributed by atoms with Gasteiger partial charge in [-0.05, 0) is 43.3 Å². The molecule has 0 saturated carbocycles. The topological polar surface area (TPSA) is 97.2 Å². The number of anilines is 3. The molecule has 32 heavy (non-hydrogen) atoms. The molecule has 3 aromatic carbocycles. The van der Waals surface area contributed by atoms with Gasteiger partial charge in [-0.1, -0.05) is 35.9 Å². The smallest absolute Gasteiger partial charge is 0.273 e. The summed E-state index contributed by atoms with van der Waals surface area (Å²) in [6.07, 6.45) is 0. The van der Waals surface area contributed by atoms with Crippen LogP contribution >= 0.6 is 22.9 Å². The van der Waals surface area contributed by atoms with Gasteiger partial charge >= 0.3 is 0 Å². The van der Waals surface area contributed by atoms with Crippen molar-refractivity contribution in [2.75, 3.05) is 10.6 Å². The number of aromatic nitrogens is 1. The van der Waals surface area contributed by atoms with Gasteiger partial charge in [-0.25, -0.2) is 4.98 Å². The van der Waals surface area contributed by atoms with E-state index < -0.39 is 10.8 Å². The van der Waals surface area contributed by atoms with Gasteiger partial charge in [-0.3, -0.25) is 14.9 Å². The third-order valence-corrected chi connectivity index (χ3v) is 5.68. The maximum Gasteiger partial charge on any atom is 0.273 e. The molecule has 0 atom stereocenters. The highest BCUT2D eigenvalue weighted by Crippen LogP contribution is 2.29. The Hall–Kier alpha value is -3.75. The summed E-state index contributed by atoms with van der Waals surface area (Å²) in [5.74, 6) is -0.414. The molecule has 2 N–H and O–H groups in total. The number of amides is 1. The Morgan fingerprint density at radius 1 is 1.06 bits per heavy atom. The Morgan fingerprint density at radius 2 is 1.84 bits per heavy atom. The summed E-state index contributed by atoms with van der Waals surface area (Å²) in [6, 6.07) is 19.0. The zero-order chi connectivity index (χ0) is 22.7. The number of hydrogen-bond acceptors (Lipinski definition) is 6. The van der Waals surface area contributed by atoms with Crippen LogP contribution in [0.2, 0.25) is 5.02 Å². The van der Waals surface area contributed by atoms with E-state index >= 15 is 0 Å². The van der Waals surface area contributed by atoms with Crippen LogP contribution in [-0.2, 0) is 0 Å². The van der Waals surface area contributed by atoms with E-state index in [4.69, 9.17) is 11.6 Å². The number of halogens is 1. The Kier molecular flexibility index (Phi) is 6.16. The molecule has 0 spiro atoms. The van der Waals surface area contributed by atoms with Crippen molar-refractivity contribution in [2.45, 2.75) is 6.92 Å². The second-order valence-corrected chi connectivity index (χ2v) is 8.26. The van der Waals surface area contributed by atoms with E-state index in [-0.39, 0.29) is 11.3 Å². The maximum absolute atomic E-state index is 12.5. The lowest BCUT2D eigenvalue weighted by Gasteiger charge is -2.07. The molecule has 1 aromatic heterocycles. The maximum atomic E-state index is 12.5. The predicted molar refractivity (Wildman–Crippen MR) is 128 cm³/mol. The fourth-order valence-electron chi connectivity index (χ4n) is 3.03. The number of nitro benzene ring substituents is 1. The van der Waals surface area contributed by atoms with Crippen molar-refractivity contribution in [1.82, 2.24) is 4.98 Å². The van der Waals surface area contributed by atoms with Crippen LogP contribution in [0.5, 0.6) is 0 Å². The summed E-state index contributed by atoms with van der Waals surface area (Å²) >= 11 is 7.49. The van der Waals surface area contributed by atoms with Gasteiger partial charge in [0.05, 0.1) is 10.6 Å². The van der Waals surface area contributed by atoms with Crippen molar-refractivity contribution in [2.24, 2.45) is 0 Å². The number of nitro groups is 1. The second kappa shape index (κ2) is 9.17. The Morgan fingerprint density at radius 3 is 2.56 bits per heavy atom. The van der Waals surface area contributed by atoms with Crippen molar-refractivity contribution in [3.63, 3.8) is 0 Å². The number of nitrogens with zero attached hydrogens (tertiary/aromatic N) is 2. The molecular weight excluding hydrogens is 448 g/mol. The standard InChI is InChI=1S/C23H17ClN4O3S/c1-14-5-6-16(11-21(14)28(30)31)22(29)25-18-9-7-15(8-10-18)20-13-32-23(27-20)26-19-4-2-3-17(24)12-19/h2-13H,1H3,(H,25,29)(H,26,27). The van der Waals surface area contributed by atoms with E-state index in [0.717, 1.165) is 22.1 Å². The number of rotatable bonds is 6. The number of hydrogen-bond donors (Lipinski definition) is 2. The molecule has 1 amide bonds. The number of aryl methyl sites for hydroxylation is 1. The number of thiazole rings is 1. The minimum absolute atomic E-state index is 0.0845. The van der Waals surface area contributed by atoms with Crippen molar-refractivity contribution in [1.29, 1.82) is 0 Å². The van der Waals surface area contributed by atoms with Crippen molar-refractivity contribution >= 4 is 51.0 Å². The SMILES string of the molecule is Cc1ccc(C(=O)Nc2ccc(-c3csc(Nc4cccc(Cl)c4)n3)cc2)cc1[N+](=O)[O-]. The van der Waals surface area contributed by atoms with Gasteiger partial charge in [0, 0.05) is 44.5 Å². The monoisotopic (exact) mass is 464 g/mol. The molecule has 4 rings (SSSR count). The van der Waals surface area contributed by atoms with Crippen LogP contribution in [0.4, 0.5) is 22.2 Å². The zero-order valence-electron chi connectivity index (χ0n) is 16.8. The van der Waals surface area contributed by atoms with Gasteiger partial charge in [0.25, 0.3) is 11.6 Å². The zero-order valence-corrected chi connectivity index (χ0v) is 18.4. The molecule has 1 heterocycles. The molecular formula is C23H17ClN4O3S. The van der Waals surface area contributed by atoms with E-state index in [9.17, 15) is 14.9 Å². The molecule has 0 aliphatic rings. The summed E-state index contributed by atoms with van der Waals surface area (Å²) in [6.45, 7) is 1.63. The lowest BCUT2D eigenvalue weighted by Crippen LogP contribution is -2.12. The molecule has 0 fully saturated rings. The Bertz CT molecular complexity index is 1300. The average Bonchev–Trinajstić information content (AvgIpc) is 3.22. The van der Waals surface area contributed by atoms with Gasteiger partial charge in [0.15, 0.2) is 5.13 Å². The van der Waals surface area contributed by atoms with Crippen molar-refractivity contribution < 1.29 is 9.72 Å². The molecule has 0 aliphatic carbocycles. The minimum atomic E-state index is -0.496. The molecule has 9 heteroatoms. The second-order valence-electron chi connectivity index (χ2n) is 6.96. The molecule has 4 aromatic rings. The van der Waals surface area contributed by atoms with Crippen molar-refractivity contribution in [3.8, 4) is 11.3 Å². The lowest BCUT2D eigenvalue weighted by molar-refractivity contribution is -0.385. The highest BCUT2D eigenvalue weighted by molar-refractivity contribution is 7.14. The van der Waals surface area contributed by atoms with Crippen LogP contribution in [0.3, 0.4) is 0 Å². The summed E-state index contributed by atoms with van der Waals surface area (Å²) in [5.41, 5.74) is 3.77. The minimum Gasteiger partial charge on any atom is -0.331 e. The predicted octanol–water partition coefficient (Wildman–Crippen LogP) is 6.68. The molecule has 0 bridgehead atoms. The Balaban J connectivity index is 1.44. The average molecular weight is 465 g/mol. The number of carbonyl (C=O) groups is 1. The summed E-state index contributed by atoms with van der Waals surface area (Å²) in [7, 11) is 0. The third-order valence-electron chi connectivity index (χ3n) is 4.69. The normalized spacial score (nSPS) is 10.6. The molecule has 0 radical (unpaired) electrons. The third kappa shape index (κ3) is 4.93. The van der Waals surface area contributed by atoms with Crippen LogP contribution in [0.25, 0.3) is 11.3 Å². The summed E-state index contributed by atoms with van der Waals surface area (Å²) in [5, 5.41) is 20.4. The molecule has 7 nitrogen and oxygen atoms in total. The highest BCUT2D eigenvalue weighted by atomic mass is 35.5. The highest BCUT2D eigenvalue weighted by Gasteiger charge is 2.15. The van der Waals surface area contributed by atoms with Crippen LogP contribution in [0.1, 0.15) is 15.9 Å². The largest absolute Gasteiger partial charge is 0.331 e. The Labute approximate surface area is 192 Å². The van der Waals surface area contributed by atoms with Crippen LogP contribution < -0.4 is 10.6 Å². The summed E-state index contributed by atoms with van der Waals surface area (Å²) in [4.78, 5) is 27.7. The van der Waals surface area contributed by atoms with E-state index in [2.05, 4.69) is 15.6 Å². The van der Waals surface area contributed by atoms with Crippen LogP contribution in [0.15, 0.2) is 72.1 Å². The van der Waals surface area contributed by atoms with Gasteiger partial charge in [0.1, 0.15) is 0 Å². The van der Waals surface area contributed by atoms with Crippen molar-refractivity contribution in [3.05, 3.63) is 98.4 Å². The molecule has 0 aliphatic heterocycles. The van der Waals surface area contributed by atoms with Gasteiger partial charge < -0.3 is 10.6 Å². The first-order valence-corrected chi connectivity index (χ1v) is 10.8. The lowest BCUT2D eigenvalue weighted by atomic mass is 10.1. The van der Waals surface area contributed by atoms with E-state index in [1.54, 1.807) is 37.3 Å². The quantitative estimate of drug-likeness (QED) is 0.245. The first-order valence-electron chi connectivity index (χ1n) is 9.54. The van der Waals surface area contributed by atoms with E-state index in [0.29, 0.717) is 16.3 Å².